The van der Waals surface area contributed by atoms with Crippen LogP contribution in [0.1, 0.15) is 26.7 Å². The number of hydrogen-bond donors (Lipinski definition) is 1. The molecule has 0 spiro atoms. The first-order valence-electron chi connectivity index (χ1n) is 3.33. The van der Waals surface area contributed by atoms with Crippen LogP contribution in [0, 0.1) is 5.41 Å². The van der Waals surface area contributed by atoms with E-state index < -0.39 is 0 Å². The van der Waals surface area contributed by atoms with Gasteiger partial charge in [-0.1, -0.05) is 0 Å². The van der Waals surface area contributed by atoms with Crippen molar-refractivity contribution < 1.29 is 9.90 Å². The summed E-state index contributed by atoms with van der Waals surface area (Å²) in [5, 5.41) is 8.50. The van der Waals surface area contributed by atoms with E-state index in [1.165, 1.54) is 22.3 Å². The Kier molecular flexibility index (Phi) is 4.51. The topological polar surface area (TPSA) is 37.3 Å². The zero-order valence-electron chi connectivity index (χ0n) is 6.39. The molecule has 0 unspecified atom stereocenters. The molecule has 3 heteroatoms. The zero-order valence-corrected chi connectivity index (χ0v) is 8.72. The maximum absolute atomic E-state index is 10.9. The summed E-state index contributed by atoms with van der Waals surface area (Å²) in [5.74, 6) is 0. The van der Waals surface area contributed by atoms with Crippen LogP contribution < -0.4 is 0 Å². The standard InChI is InChI=1S/C7H13O2Te/c1-7(2,6(9)10)4-3-5-8/h8H,3-5H2,1-2H3. The molecule has 0 fully saturated rings. The second-order valence-electron chi connectivity index (χ2n) is 3.00. The molecule has 1 N–H and O–H groups in total. The van der Waals surface area contributed by atoms with E-state index in [-0.39, 0.29) is 15.9 Å². The number of aliphatic hydroxyl groups is 1. The Balaban J connectivity index is 3.75. The molecular formula is C7H13O2Te. The predicted octanol–water partition coefficient (Wildman–Crippen LogP) is 0.480. The summed E-state index contributed by atoms with van der Waals surface area (Å²) in [6, 6.07) is 0. The summed E-state index contributed by atoms with van der Waals surface area (Å²) in [5.41, 5.74) is -0.243. The first kappa shape index (κ1) is 10.4. The molecule has 10 heavy (non-hydrogen) atoms. The van der Waals surface area contributed by atoms with Gasteiger partial charge in [-0.25, -0.2) is 0 Å². The van der Waals surface area contributed by atoms with Gasteiger partial charge in [-0.05, 0) is 0 Å². The molecular weight excluding hydrogens is 244 g/mol. The normalized spacial score (nSPS) is 11.5. The fourth-order valence-electron chi connectivity index (χ4n) is 0.623. The van der Waals surface area contributed by atoms with Crippen molar-refractivity contribution in [3.05, 3.63) is 0 Å². The van der Waals surface area contributed by atoms with Gasteiger partial charge < -0.3 is 0 Å². The van der Waals surface area contributed by atoms with Crippen LogP contribution in [0.15, 0.2) is 0 Å². The van der Waals surface area contributed by atoms with Crippen molar-refractivity contribution in [2.45, 2.75) is 26.7 Å². The Morgan fingerprint density at radius 3 is 2.40 bits per heavy atom. The average Bonchev–Trinajstić information content (AvgIpc) is 1.84. The number of hydrogen-bond acceptors (Lipinski definition) is 2. The summed E-state index contributed by atoms with van der Waals surface area (Å²) in [7, 11) is 0. The van der Waals surface area contributed by atoms with Crippen LogP contribution in [0.3, 0.4) is 0 Å². The van der Waals surface area contributed by atoms with Crippen molar-refractivity contribution in [3.8, 4) is 0 Å². The van der Waals surface area contributed by atoms with Gasteiger partial charge in [-0.15, -0.1) is 0 Å². The van der Waals surface area contributed by atoms with Crippen LogP contribution in [0.2, 0.25) is 0 Å². The molecule has 59 valence electrons. The summed E-state index contributed by atoms with van der Waals surface area (Å²) in [4.78, 5) is 10.9. The maximum atomic E-state index is 10.9. The van der Waals surface area contributed by atoms with Crippen molar-refractivity contribution in [1.29, 1.82) is 0 Å². The Labute approximate surface area is 74.9 Å². The van der Waals surface area contributed by atoms with E-state index in [4.69, 9.17) is 5.11 Å². The SMILES string of the molecule is CC(C)(CCCO)C(=O)[Te]. The molecule has 0 aliphatic carbocycles. The molecule has 2 nitrogen and oxygen atoms in total. The summed E-state index contributed by atoms with van der Waals surface area (Å²) in [6.45, 7) is 4.00. The average molecular weight is 257 g/mol. The van der Waals surface area contributed by atoms with E-state index in [0.717, 1.165) is 6.42 Å². The first-order valence-corrected chi connectivity index (χ1v) is 4.49. The number of rotatable bonds is 4. The van der Waals surface area contributed by atoms with Crippen molar-refractivity contribution in [2.24, 2.45) is 5.41 Å². The van der Waals surface area contributed by atoms with Gasteiger partial charge in [0, 0.05) is 0 Å². The van der Waals surface area contributed by atoms with E-state index in [1.807, 2.05) is 13.8 Å². The molecule has 0 atom stereocenters. The van der Waals surface area contributed by atoms with Gasteiger partial charge in [0.15, 0.2) is 0 Å². The van der Waals surface area contributed by atoms with Gasteiger partial charge in [0.05, 0.1) is 0 Å². The van der Waals surface area contributed by atoms with Gasteiger partial charge in [0.1, 0.15) is 0 Å². The molecule has 0 aliphatic rings. The van der Waals surface area contributed by atoms with Crippen molar-refractivity contribution in [3.63, 3.8) is 0 Å². The molecule has 0 aromatic carbocycles. The Morgan fingerprint density at radius 1 is 1.60 bits per heavy atom. The third kappa shape index (κ3) is 3.55. The fraction of sp³-hybridized carbons (Fsp3) is 0.857. The monoisotopic (exact) mass is 259 g/mol. The molecule has 0 saturated carbocycles. The van der Waals surface area contributed by atoms with E-state index in [1.54, 1.807) is 0 Å². The fourth-order valence-corrected chi connectivity index (χ4v) is 0.914. The van der Waals surface area contributed by atoms with Crippen LogP contribution in [0.5, 0.6) is 0 Å². The molecule has 0 bridgehead atoms. The number of carbonyl (C=O) groups excluding carboxylic acids is 1. The Morgan fingerprint density at radius 2 is 2.10 bits per heavy atom. The number of carbonyl (C=O) groups is 1. The minimum atomic E-state index is -0.243. The number of aliphatic hydroxyl groups excluding tert-OH is 1. The minimum absolute atomic E-state index is 0.178. The van der Waals surface area contributed by atoms with Crippen LogP contribution in [-0.4, -0.2) is 37.8 Å². The Bertz CT molecular complexity index is 121. The van der Waals surface area contributed by atoms with Gasteiger partial charge in [-0.2, -0.15) is 0 Å². The van der Waals surface area contributed by atoms with E-state index >= 15 is 0 Å². The molecule has 1 radical (unpaired) electrons. The summed E-state index contributed by atoms with van der Waals surface area (Å²) >= 11 is 1.52. The van der Waals surface area contributed by atoms with Crippen LogP contribution in [0.25, 0.3) is 0 Å². The van der Waals surface area contributed by atoms with Gasteiger partial charge in [0.25, 0.3) is 0 Å². The van der Waals surface area contributed by atoms with Crippen molar-refractivity contribution >= 4 is 26.1 Å². The van der Waals surface area contributed by atoms with Gasteiger partial charge in [0.2, 0.25) is 0 Å². The predicted molar refractivity (Wildman–Crippen MR) is 40.9 cm³/mol. The van der Waals surface area contributed by atoms with Crippen molar-refractivity contribution in [2.75, 3.05) is 6.61 Å². The first-order chi connectivity index (χ1) is 4.50. The van der Waals surface area contributed by atoms with E-state index in [2.05, 4.69) is 0 Å². The van der Waals surface area contributed by atoms with Crippen molar-refractivity contribution in [1.82, 2.24) is 0 Å². The van der Waals surface area contributed by atoms with Crippen LogP contribution in [-0.2, 0) is 4.79 Å². The molecule has 0 aromatic rings. The third-order valence-electron chi connectivity index (χ3n) is 1.51. The molecule has 0 aromatic heterocycles. The molecule has 0 rings (SSSR count). The quantitative estimate of drug-likeness (QED) is 0.743. The van der Waals surface area contributed by atoms with E-state index in [0.29, 0.717) is 6.42 Å². The van der Waals surface area contributed by atoms with Gasteiger partial charge >= 0.3 is 74.7 Å². The molecule has 0 heterocycles. The molecule has 0 saturated heterocycles. The second kappa shape index (κ2) is 4.33. The van der Waals surface area contributed by atoms with Crippen LogP contribution >= 0.6 is 0 Å². The van der Waals surface area contributed by atoms with E-state index in [9.17, 15) is 4.79 Å². The van der Waals surface area contributed by atoms with Crippen LogP contribution in [0.4, 0.5) is 0 Å². The zero-order chi connectivity index (χ0) is 8.20. The molecule has 0 amide bonds. The third-order valence-corrected chi connectivity index (χ3v) is 3.09. The second-order valence-corrected chi connectivity index (χ2v) is 4.06. The van der Waals surface area contributed by atoms with Gasteiger partial charge in [-0.3, -0.25) is 0 Å². The summed E-state index contributed by atoms with van der Waals surface area (Å²) in [6.07, 6.45) is 1.50. The summed E-state index contributed by atoms with van der Waals surface area (Å²) < 4.78 is 0.205. The Hall–Kier alpha value is 0.420. The molecule has 0 aliphatic heterocycles.